The van der Waals surface area contributed by atoms with E-state index in [0.717, 1.165) is 38.5 Å². The average molecular weight is 288 g/mol. The predicted molar refractivity (Wildman–Crippen MR) is 73.6 cm³/mol. The van der Waals surface area contributed by atoms with E-state index in [-0.39, 0.29) is 17.1 Å². The highest BCUT2D eigenvalue weighted by Gasteiger charge is 2.29. The van der Waals surface area contributed by atoms with Crippen molar-refractivity contribution in [2.75, 3.05) is 0 Å². The van der Waals surface area contributed by atoms with Crippen molar-refractivity contribution in [3.63, 3.8) is 0 Å². The summed E-state index contributed by atoms with van der Waals surface area (Å²) in [6.07, 6.45) is 9.55. The van der Waals surface area contributed by atoms with Crippen molar-refractivity contribution >= 4 is 15.9 Å². The Bertz CT molecular complexity index is 394. The van der Waals surface area contributed by atoms with Gasteiger partial charge in [-0.15, -0.1) is 4.83 Å². The summed E-state index contributed by atoms with van der Waals surface area (Å²) >= 11 is 0. The molecule has 2 N–H and O–H groups in total. The molecular formula is C13H24N2O3S. The normalized spacial score (nSPS) is 23.2. The van der Waals surface area contributed by atoms with Crippen molar-refractivity contribution in [3.05, 3.63) is 0 Å². The van der Waals surface area contributed by atoms with Crippen molar-refractivity contribution in [2.24, 2.45) is 5.92 Å². The minimum atomic E-state index is -3.38. The number of amides is 1. The topological polar surface area (TPSA) is 75.3 Å². The van der Waals surface area contributed by atoms with E-state index in [4.69, 9.17) is 0 Å². The van der Waals surface area contributed by atoms with Gasteiger partial charge in [-0.1, -0.05) is 38.5 Å². The highest BCUT2D eigenvalue weighted by Crippen LogP contribution is 2.24. The first-order valence-electron chi connectivity index (χ1n) is 7.40. The molecule has 0 aromatic rings. The van der Waals surface area contributed by atoms with Crippen LogP contribution in [0.3, 0.4) is 0 Å². The summed E-state index contributed by atoms with van der Waals surface area (Å²) in [5.41, 5.74) is 2.42. The SMILES string of the molecule is O=C(NNS(=O)(=O)C1CCCC1)C1CCCCCC1. The van der Waals surface area contributed by atoms with Crippen LogP contribution in [0.2, 0.25) is 0 Å². The van der Waals surface area contributed by atoms with Gasteiger partial charge in [0.2, 0.25) is 15.9 Å². The summed E-state index contributed by atoms with van der Waals surface area (Å²) in [6.45, 7) is 0. The van der Waals surface area contributed by atoms with Gasteiger partial charge in [0.25, 0.3) is 0 Å². The number of hydrazine groups is 1. The Labute approximate surface area is 115 Å². The van der Waals surface area contributed by atoms with Gasteiger partial charge >= 0.3 is 0 Å². The minimum absolute atomic E-state index is 0.0335. The standard InChI is InChI=1S/C13H24N2O3S/c16-13(11-7-3-1-2-4-8-11)14-15-19(17,18)12-9-5-6-10-12/h11-12,15H,1-10H2,(H,14,16). The van der Waals surface area contributed by atoms with Crippen LogP contribution in [-0.2, 0) is 14.8 Å². The lowest BCUT2D eigenvalue weighted by Gasteiger charge is -2.17. The number of sulfonamides is 1. The third-order valence-corrected chi connectivity index (χ3v) is 6.02. The number of hydrogen-bond donors (Lipinski definition) is 2. The summed E-state index contributed by atoms with van der Waals surface area (Å²) in [7, 11) is -3.38. The van der Waals surface area contributed by atoms with Crippen LogP contribution in [0.5, 0.6) is 0 Å². The molecule has 0 atom stereocenters. The summed E-state index contributed by atoms with van der Waals surface area (Å²) in [4.78, 5) is 14.3. The van der Waals surface area contributed by atoms with Crippen molar-refractivity contribution < 1.29 is 13.2 Å². The monoisotopic (exact) mass is 288 g/mol. The van der Waals surface area contributed by atoms with Gasteiger partial charge in [0.15, 0.2) is 0 Å². The lowest BCUT2D eigenvalue weighted by Crippen LogP contribution is -2.47. The highest BCUT2D eigenvalue weighted by molar-refractivity contribution is 7.90. The van der Waals surface area contributed by atoms with Gasteiger partial charge in [0, 0.05) is 5.92 Å². The van der Waals surface area contributed by atoms with Crippen LogP contribution >= 0.6 is 0 Å². The fourth-order valence-corrected chi connectivity index (χ4v) is 4.41. The molecule has 0 aromatic heterocycles. The van der Waals surface area contributed by atoms with E-state index >= 15 is 0 Å². The average Bonchev–Trinajstić information content (AvgIpc) is 2.80. The van der Waals surface area contributed by atoms with Crippen molar-refractivity contribution in [1.29, 1.82) is 0 Å². The van der Waals surface area contributed by atoms with Crippen molar-refractivity contribution in [3.8, 4) is 0 Å². The Morgan fingerprint density at radius 2 is 1.37 bits per heavy atom. The fourth-order valence-electron chi connectivity index (χ4n) is 3.05. The van der Waals surface area contributed by atoms with E-state index in [2.05, 4.69) is 10.3 Å². The Morgan fingerprint density at radius 1 is 0.842 bits per heavy atom. The quantitative estimate of drug-likeness (QED) is 0.612. The maximum atomic E-state index is 12.0. The molecule has 0 unspecified atom stereocenters. The molecule has 2 saturated carbocycles. The van der Waals surface area contributed by atoms with Gasteiger partial charge in [-0.05, 0) is 25.7 Å². The number of nitrogens with one attached hydrogen (secondary N) is 2. The van der Waals surface area contributed by atoms with Gasteiger partial charge in [-0.3, -0.25) is 10.2 Å². The molecule has 0 radical (unpaired) electrons. The van der Waals surface area contributed by atoms with E-state index in [1.165, 1.54) is 12.8 Å². The molecule has 2 aliphatic carbocycles. The Hall–Kier alpha value is -0.620. The molecule has 0 spiro atoms. The molecule has 0 bridgehead atoms. The number of carbonyl (C=O) groups excluding carboxylic acids is 1. The van der Waals surface area contributed by atoms with Crippen molar-refractivity contribution in [1.82, 2.24) is 10.3 Å². The van der Waals surface area contributed by atoms with Gasteiger partial charge < -0.3 is 0 Å². The number of carbonyl (C=O) groups is 1. The Balaban J connectivity index is 1.81. The molecule has 0 heterocycles. The molecule has 110 valence electrons. The van der Waals surface area contributed by atoms with E-state index in [1.807, 2.05) is 0 Å². The molecule has 5 nitrogen and oxygen atoms in total. The molecule has 2 aliphatic rings. The molecule has 0 aliphatic heterocycles. The smallest absolute Gasteiger partial charge is 0.238 e. The van der Waals surface area contributed by atoms with Gasteiger partial charge in [-0.25, -0.2) is 8.42 Å². The van der Waals surface area contributed by atoms with Crippen LogP contribution in [0.4, 0.5) is 0 Å². The summed E-state index contributed by atoms with van der Waals surface area (Å²) in [5, 5.41) is -0.332. The predicted octanol–water partition coefficient (Wildman–Crippen LogP) is 1.85. The second kappa shape index (κ2) is 6.70. The molecule has 1 amide bonds. The molecule has 0 saturated heterocycles. The molecule has 0 aromatic carbocycles. The Morgan fingerprint density at radius 3 is 1.95 bits per heavy atom. The molecule has 19 heavy (non-hydrogen) atoms. The maximum absolute atomic E-state index is 12.0. The second-order valence-electron chi connectivity index (χ2n) is 5.73. The first kappa shape index (κ1) is 14.8. The van der Waals surface area contributed by atoms with E-state index in [0.29, 0.717) is 12.8 Å². The highest BCUT2D eigenvalue weighted by atomic mass is 32.2. The molecule has 2 fully saturated rings. The molecular weight excluding hydrogens is 264 g/mol. The zero-order valence-corrected chi connectivity index (χ0v) is 12.2. The Kier molecular flexibility index (Phi) is 5.21. The van der Waals surface area contributed by atoms with Gasteiger partial charge in [-0.2, -0.15) is 0 Å². The number of rotatable bonds is 4. The van der Waals surface area contributed by atoms with E-state index in [9.17, 15) is 13.2 Å². The van der Waals surface area contributed by atoms with Crippen LogP contribution in [-0.4, -0.2) is 19.6 Å². The van der Waals surface area contributed by atoms with E-state index in [1.54, 1.807) is 0 Å². The lowest BCUT2D eigenvalue weighted by atomic mass is 10.00. The van der Waals surface area contributed by atoms with Gasteiger partial charge in [0.1, 0.15) is 0 Å². The third kappa shape index (κ3) is 4.18. The summed E-state index contributed by atoms with van der Waals surface area (Å²) < 4.78 is 23.9. The third-order valence-electron chi connectivity index (χ3n) is 4.28. The van der Waals surface area contributed by atoms with Crippen LogP contribution in [0.25, 0.3) is 0 Å². The maximum Gasteiger partial charge on any atom is 0.238 e. The summed E-state index contributed by atoms with van der Waals surface area (Å²) in [5.74, 6) is -0.197. The van der Waals surface area contributed by atoms with E-state index < -0.39 is 10.0 Å². The van der Waals surface area contributed by atoms with Crippen molar-refractivity contribution in [2.45, 2.75) is 69.5 Å². The first-order valence-corrected chi connectivity index (χ1v) is 8.95. The molecule has 6 heteroatoms. The number of hydrogen-bond acceptors (Lipinski definition) is 3. The zero-order chi connectivity index (χ0) is 13.7. The van der Waals surface area contributed by atoms with Crippen LogP contribution < -0.4 is 10.3 Å². The van der Waals surface area contributed by atoms with Crippen LogP contribution in [0, 0.1) is 5.92 Å². The van der Waals surface area contributed by atoms with Gasteiger partial charge in [0.05, 0.1) is 5.25 Å². The molecule has 2 rings (SSSR count). The van der Waals surface area contributed by atoms with Crippen LogP contribution in [0.1, 0.15) is 64.2 Å². The zero-order valence-electron chi connectivity index (χ0n) is 11.4. The first-order chi connectivity index (χ1) is 9.09. The lowest BCUT2D eigenvalue weighted by molar-refractivity contribution is -0.125. The van der Waals surface area contributed by atoms with Crippen LogP contribution in [0.15, 0.2) is 0 Å². The minimum Gasteiger partial charge on any atom is -0.278 e. The largest absolute Gasteiger partial charge is 0.278 e. The fraction of sp³-hybridized carbons (Fsp3) is 0.923. The summed E-state index contributed by atoms with van der Waals surface area (Å²) in [6, 6.07) is 0. The second-order valence-corrected chi connectivity index (χ2v) is 7.69.